The second-order valence-electron chi connectivity index (χ2n) is 4.47. The molecule has 1 aliphatic carbocycles. The summed E-state index contributed by atoms with van der Waals surface area (Å²) in [5, 5.41) is 0. The molecule has 0 bridgehead atoms. The van der Waals surface area contributed by atoms with Crippen molar-refractivity contribution in [3.63, 3.8) is 0 Å². The molecule has 0 amide bonds. The monoisotopic (exact) mass is 192 g/mol. The van der Waals surface area contributed by atoms with Crippen LogP contribution in [0.3, 0.4) is 0 Å². The minimum Gasteiger partial charge on any atom is -0.295 e. The first-order chi connectivity index (χ1) is 5.99. The van der Waals surface area contributed by atoms with E-state index in [0.29, 0.717) is 5.78 Å². The van der Waals surface area contributed by atoms with Crippen molar-refractivity contribution >= 4 is 13.9 Å². The van der Waals surface area contributed by atoms with Crippen LogP contribution in [0.4, 0.5) is 0 Å². The Morgan fingerprint density at radius 3 is 2.46 bits per heavy atom. The van der Waals surface area contributed by atoms with Crippen LogP contribution in [0.2, 0.25) is 19.6 Å². The lowest BCUT2D eigenvalue weighted by Crippen LogP contribution is -2.16. The standard InChI is InChI=1S/C11H16OSi/c1-13(2,3)9-5-7-10-6-4-8-11(10)12/h7H,4,6,8H2,1-3H3. The third-order valence-corrected chi connectivity index (χ3v) is 2.80. The van der Waals surface area contributed by atoms with E-state index in [4.69, 9.17) is 0 Å². The molecule has 0 aromatic heterocycles. The van der Waals surface area contributed by atoms with Gasteiger partial charge in [-0.25, -0.2) is 0 Å². The number of carbonyl (C=O) groups excluding carboxylic acids is 1. The molecule has 0 spiro atoms. The number of ketones is 1. The highest BCUT2D eigenvalue weighted by Crippen LogP contribution is 2.19. The van der Waals surface area contributed by atoms with Gasteiger partial charge in [-0.15, -0.1) is 5.54 Å². The maximum absolute atomic E-state index is 11.2. The first-order valence-corrected chi connectivity index (χ1v) is 8.24. The van der Waals surface area contributed by atoms with Crippen molar-refractivity contribution in [2.24, 2.45) is 0 Å². The predicted molar refractivity (Wildman–Crippen MR) is 58.1 cm³/mol. The molecule has 0 unspecified atom stereocenters. The van der Waals surface area contributed by atoms with Gasteiger partial charge in [-0.2, -0.15) is 0 Å². The van der Waals surface area contributed by atoms with E-state index >= 15 is 0 Å². The van der Waals surface area contributed by atoms with E-state index in [1.54, 1.807) is 0 Å². The summed E-state index contributed by atoms with van der Waals surface area (Å²) >= 11 is 0. The first-order valence-electron chi connectivity index (χ1n) is 4.74. The molecule has 2 heteroatoms. The van der Waals surface area contributed by atoms with Crippen molar-refractivity contribution in [1.82, 2.24) is 0 Å². The van der Waals surface area contributed by atoms with Crippen LogP contribution in [0.25, 0.3) is 0 Å². The summed E-state index contributed by atoms with van der Waals surface area (Å²) in [4.78, 5) is 11.2. The quantitative estimate of drug-likeness (QED) is 0.327. The number of hydrogen-bond donors (Lipinski definition) is 0. The van der Waals surface area contributed by atoms with Gasteiger partial charge in [-0.05, 0) is 18.9 Å². The maximum Gasteiger partial charge on any atom is 0.159 e. The Kier molecular flexibility index (Phi) is 3.10. The summed E-state index contributed by atoms with van der Waals surface area (Å²) in [5.41, 5.74) is 4.17. The lowest BCUT2D eigenvalue weighted by atomic mass is 10.2. The Balaban J connectivity index is 2.66. The Bertz CT molecular complexity index is 296. The molecule has 0 aromatic rings. The zero-order valence-electron chi connectivity index (χ0n) is 8.61. The SMILES string of the molecule is C[Si](C)(C)C#CC=C1CCCC1=O. The zero-order chi connectivity index (χ0) is 9.90. The summed E-state index contributed by atoms with van der Waals surface area (Å²) in [7, 11) is -1.27. The third-order valence-electron chi connectivity index (χ3n) is 1.90. The van der Waals surface area contributed by atoms with Crippen molar-refractivity contribution in [3.05, 3.63) is 11.6 Å². The molecule has 0 heterocycles. The van der Waals surface area contributed by atoms with Crippen LogP contribution in [0.15, 0.2) is 11.6 Å². The van der Waals surface area contributed by atoms with Crippen LogP contribution >= 0.6 is 0 Å². The van der Waals surface area contributed by atoms with Crippen molar-refractivity contribution in [1.29, 1.82) is 0 Å². The van der Waals surface area contributed by atoms with Gasteiger partial charge in [0.05, 0.1) is 0 Å². The highest BCUT2D eigenvalue weighted by atomic mass is 28.3. The zero-order valence-corrected chi connectivity index (χ0v) is 9.61. The fourth-order valence-electron chi connectivity index (χ4n) is 1.23. The van der Waals surface area contributed by atoms with Gasteiger partial charge in [-0.3, -0.25) is 4.79 Å². The van der Waals surface area contributed by atoms with Gasteiger partial charge in [-0.1, -0.05) is 25.6 Å². The molecule has 0 aromatic carbocycles. The summed E-state index contributed by atoms with van der Waals surface area (Å²) in [6.07, 6.45) is 4.49. The fourth-order valence-corrected chi connectivity index (χ4v) is 1.74. The summed E-state index contributed by atoms with van der Waals surface area (Å²) in [6.45, 7) is 6.61. The first kappa shape index (κ1) is 10.3. The molecule has 1 rings (SSSR count). The lowest BCUT2D eigenvalue weighted by Gasteiger charge is -2.02. The van der Waals surface area contributed by atoms with E-state index in [9.17, 15) is 4.79 Å². The molecule has 13 heavy (non-hydrogen) atoms. The van der Waals surface area contributed by atoms with Gasteiger partial charge in [0.15, 0.2) is 5.78 Å². The fraction of sp³-hybridized carbons (Fsp3) is 0.545. The molecule has 0 atom stereocenters. The summed E-state index contributed by atoms with van der Waals surface area (Å²) < 4.78 is 0. The molecule has 0 radical (unpaired) electrons. The Morgan fingerprint density at radius 2 is 2.00 bits per heavy atom. The second-order valence-corrected chi connectivity index (χ2v) is 9.22. The molecule has 70 valence electrons. The van der Waals surface area contributed by atoms with Crippen LogP contribution in [0.1, 0.15) is 19.3 Å². The summed E-state index contributed by atoms with van der Waals surface area (Å²) in [5.74, 6) is 3.32. The Morgan fingerprint density at radius 1 is 1.31 bits per heavy atom. The largest absolute Gasteiger partial charge is 0.295 e. The Labute approximate surface area is 81.2 Å². The van der Waals surface area contributed by atoms with Gasteiger partial charge >= 0.3 is 0 Å². The van der Waals surface area contributed by atoms with Crippen molar-refractivity contribution < 1.29 is 4.79 Å². The predicted octanol–water partition coefficient (Wildman–Crippen LogP) is 2.55. The molecule has 1 aliphatic rings. The smallest absolute Gasteiger partial charge is 0.159 e. The average Bonchev–Trinajstić information content (AvgIpc) is 2.34. The molecule has 1 saturated carbocycles. The number of Topliss-reactive ketones (excluding diaryl/α,β-unsaturated/α-hetero) is 1. The molecule has 1 fully saturated rings. The van der Waals surface area contributed by atoms with E-state index in [1.165, 1.54) is 0 Å². The molecule has 0 N–H and O–H groups in total. The van der Waals surface area contributed by atoms with E-state index in [2.05, 4.69) is 31.1 Å². The van der Waals surface area contributed by atoms with E-state index in [0.717, 1.165) is 24.8 Å². The Hall–Kier alpha value is -0.813. The molecule has 0 saturated heterocycles. The minimum atomic E-state index is -1.27. The van der Waals surface area contributed by atoms with E-state index in [-0.39, 0.29) is 0 Å². The third kappa shape index (κ3) is 3.60. The summed E-state index contributed by atoms with van der Waals surface area (Å²) in [6, 6.07) is 0. The molecular formula is C11H16OSi. The van der Waals surface area contributed by atoms with Gasteiger partial charge < -0.3 is 0 Å². The van der Waals surface area contributed by atoms with Gasteiger partial charge in [0.1, 0.15) is 8.07 Å². The average molecular weight is 192 g/mol. The number of rotatable bonds is 0. The molecule has 1 nitrogen and oxygen atoms in total. The minimum absolute atomic E-state index is 0.296. The highest BCUT2D eigenvalue weighted by molar-refractivity contribution is 6.83. The van der Waals surface area contributed by atoms with Crippen LogP contribution in [0, 0.1) is 11.5 Å². The van der Waals surface area contributed by atoms with Crippen molar-refractivity contribution in [3.8, 4) is 11.5 Å². The van der Waals surface area contributed by atoms with Crippen molar-refractivity contribution in [2.75, 3.05) is 0 Å². The maximum atomic E-state index is 11.2. The normalized spacial score (nSPS) is 20.2. The highest BCUT2D eigenvalue weighted by Gasteiger charge is 2.15. The lowest BCUT2D eigenvalue weighted by molar-refractivity contribution is -0.114. The second kappa shape index (κ2) is 3.93. The number of carbonyl (C=O) groups is 1. The van der Waals surface area contributed by atoms with Crippen LogP contribution in [0.5, 0.6) is 0 Å². The van der Waals surface area contributed by atoms with Crippen molar-refractivity contribution in [2.45, 2.75) is 38.9 Å². The topological polar surface area (TPSA) is 17.1 Å². The van der Waals surface area contributed by atoms with E-state index < -0.39 is 8.07 Å². The van der Waals surface area contributed by atoms with Gasteiger partial charge in [0.2, 0.25) is 0 Å². The van der Waals surface area contributed by atoms with Crippen LogP contribution < -0.4 is 0 Å². The molecular weight excluding hydrogens is 176 g/mol. The van der Waals surface area contributed by atoms with Crippen LogP contribution in [-0.4, -0.2) is 13.9 Å². The number of hydrogen-bond acceptors (Lipinski definition) is 1. The number of allylic oxidation sites excluding steroid dienone is 2. The molecule has 0 aliphatic heterocycles. The van der Waals surface area contributed by atoms with Crippen LogP contribution in [-0.2, 0) is 4.79 Å². The van der Waals surface area contributed by atoms with Gasteiger partial charge in [0.25, 0.3) is 0 Å². The van der Waals surface area contributed by atoms with E-state index in [1.807, 2.05) is 6.08 Å². The van der Waals surface area contributed by atoms with Gasteiger partial charge in [0, 0.05) is 12.0 Å².